The summed E-state index contributed by atoms with van der Waals surface area (Å²) in [6.45, 7) is 0. The maximum absolute atomic E-state index is 10.9. The van der Waals surface area contributed by atoms with Crippen LogP contribution in [-0.2, 0) is 7.05 Å². The molecule has 0 aliphatic carbocycles. The molecule has 0 bridgehead atoms. The summed E-state index contributed by atoms with van der Waals surface area (Å²) in [5.41, 5.74) is 1.11. The molecule has 4 heteroatoms. The average molecular weight is 150 g/mol. The van der Waals surface area contributed by atoms with E-state index in [9.17, 15) is 4.79 Å². The summed E-state index contributed by atoms with van der Waals surface area (Å²) in [7, 11) is 1.65. The normalized spacial score (nSPS) is 10.6. The molecular formula is C7H6N2O2. The zero-order valence-electron chi connectivity index (χ0n) is 5.94. The van der Waals surface area contributed by atoms with Crippen LogP contribution in [0.25, 0.3) is 11.2 Å². The summed E-state index contributed by atoms with van der Waals surface area (Å²) in [4.78, 5) is 14.8. The average Bonchev–Trinajstić information content (AvgIpc) is 2.30. The van der Waals surface area contributed by atoms with Crippen molar-refractivity contribution in [1.82, 2.24) is 9.55 Å². The van der Waals surface area contributed by atoms with Crippen molar-refractivity contribution < 1.29 is 4.42 Å². The smallest absolute Gasteiger partial charge is 0.389 e. The number of hydrogen-bond donors (Lipinski definition) is 0. The van der Waals surface area contributed by atoms with E-state index in [2.05, 4.69) is 4.98 Å². The van der Waals surface area contributed by atoms with Crippen LogP contribution in [-0.4, -0.2) is 9.55 Å². The van der Waals surface area contributed by atoms with E-state index in [0.29, 0.717) is 5.71 Å². The van der Waals surface area contributed by atoms with Crippen molar-refractivity contribution in [2.75, 3.05) is 0 Å². The van der Waals surface area contributed by atoms with E-state index < -0.39 is 0 Å². The van der Waals surface area contributed by atoms with Crippen LogP contribution >= 0.6 is 0 Å². The first-order valence-corrected chi connectivity index (χ1v) is 3.19. The molecule has 0 atom stereocenters. The predicted octanol–water partition coefficient (Wildman–Crippen LogP) is 0.526. The fourth-order valence-corrected chi connectivity index (χ4v) is 0.966. The highest BCUT2D eigenvalue weighted by molar-refractivity contribution is 5.67. The van der Waals surface area contributed by atoms with E-state index in [1.54, 1.807) is 25.4 Å². The number of oxazole rings is 1. The van der Waals surface area contributed by atoms with Crippen molar-refractivity contribution >= 4 is 11.2 Å². The van der Waals surface area contributed by atoms with Gasteiger partial charge in [0, 0.05) is 13.2 Å². The summed E-state index contributed by atoms with van der Waals surface area (Å²) in [5, 5.41) is 0. The van der Waals surface area contributed by atoms with Gasteiger partial charge in [-0.1, -0.05) is 0 Å². The zero-order valence-corrected chi connectivity index (χ0v) is 5.94. The molecule has 0 unspecified atom stereocenters. The minimum atomic E-state index is -0.376. The molecule has 2 rings (SSSR count). The SMILES string of the molecule is Cn1c(=O)oc2ncccc21. The molecule has 0 spiro atoms. The number of rotatable bonds is 0. The summed E-state index contributed by atoms with van der Waals surface area (Å²) in [5.74, 6) is -0.376. The molecule has 2 heterocycles. The third kappa shape index (κ3) is 0.756. The molecule has 2 aromatic heterocycles. The molecule has 0 saturated carbocycles. The maximum Gasteiger partial charge on any atom is 0.421 e. The Labute approximate surface area is 62.1 Å². The minimum Gasteiger partial charge on any atom is -0.389 e. The second-order valence-corrected chi connectivity index (χ2v) is 2.25. The van der Waals surface area contributed by atoms with E-state index >= 15 is 0 Å². The molecule has 0 fully saturated rings. The number of nitrogens with zero attached hydrogens (tertiary/aromatic N) is 2. The molecule has 4 nitrogen and oxygen atoms in total. The molecule has 2 aromatic rings. The van der Waals surface area contributed by atoms with E-state index in [1.165, 1.54) is 4.57 Å². The van der Waals surface area contributed by atoms with Crippen molar-refractivity contribution in [2.24, 2.45) is 7.05 Å². The van der Waals surface area contributed by atoms with Crippen molar-refractivity contribution in [3.63, 3.8) is 0 Å². The van der Waals surface area contributed by atoms with Gasteiger partial charge in [0.2, 0.25) is 5.71 Å². The first kappa shape index (κ1) is 6.15. The highest BCUT2D eigenvalue weighted by Crippen LogP contribution is 2.05. The Bertz CT molecular complexity index is 441. The Kier molecular flexibility index (Phi) is 1.09. The highest BCUT2D eigenvalue weighted by atomic mass is 16.4. The lowest BCUT2D eigenvalue weighted by Gasteiger charge is -1.86. The van der Waals surface area contributed by atoms with E-state index in [4.69, 9.17) is 4.42 Å². The topological polar surface area (TPSA) is 48.0 Å². The molecule has 0 N–H and O–H groups in total. The molecule has 0 saturated heterocycles. The lowest BCUT2D eigenvalue weighted by molar-refractivity contribution is 0.520. The molecule has 0 aliphatic rings. The highest BCUT2D eigenvalue weighted by Gasteiger charge is 2.03. The summed E-state index contributed by atoms with van der Waals surface area (Å²) in [6.07, 6.45) is 1.59. The Morgan fingerprint density at radius 3 is 3.18 bits per heavy atom. The van der Waals surface area contributed by atoms with Gasteiger partial charge in [0.15, 0.2) is 0 Å². The first-order chi connectivity index (χ1) is 5.29. The van der Waals surface area contributed by atoms with Crippen LogP contribution in [0, 0.1) is 0 Å². The predicted molar refractivity (Wildman–Crippen MR) is 39.3 cm³/mol. The van der Waals surface area contributed by atoms with E-state index in [0.717, 1.165) is 5.52 Å². The maximum atomic E-state index is 10.9. The fourth-order valence-electron chi connectivity index (χ4n) is 0.966. The zero-order chi connectivity index (χ0) is 7.84. The van der Waals surface area contributed by atoms with Gasteiger partial charge in [0.05, 0.1) is 0 Å². The van der Waals surface area contributed by atoms with Crippen molar-refractivity contribution in [2.45, 2.75) is 0 Å². The van der Waals surface area contributed by atoms with E-state index in [-0.39, 0.29) is 5.76 Å². The first-order valence-electron chi connectivity index (χ1n) is 3.19. The van der Waals surface area contributed by atoms with Crippen LogP contribution in [0.1, 0.15) is 0 Å². The van der Waals surface area contributed by atoms with E-state index in [1.807, 2.05) is 0 Å². The van der Waals surface area contributed by atoms with Crippen molar-refractivity contribution in [3.05, 3.63) is 28.9 Å². The van der Waals surface area contributed by atoms with Crippen LogP contribution in [0.15, 0.2) is 27.5 Å². The van der Waals surface area contributed by atoms with Gasteiger partial charge < -0.3 is 4.42 Å². The van der Waals surface area contributed by atoms with Gasteiger partial charge in [-0.3, -0.25) is 4.57 Å². The number of aromatic nitrogens is 2. The van der Waals surface area contributed by atoms with Gasteiger partial charge in [-0.05, 0) is 12.1 Å². The molecule has 0 radical (unpaired) electrons. The third-order valence-electron chi connectivity index (χ3n) is 1.57. The minimum absolute atomic E-state index is 0.376. The molecule has 0 amide bonds. The number of aryl methyl sites for hydroxylation is 1. The molecular weight excluding hydrogens is 144 g/mol. The number of fused-ring (bicyclic) bond motifs is 1. The summed E-state index contributed by atoms with van der Waals surface area (Å²) < 4.78 is 6.21. The van der Waals surface area contributed by atoms with Crippen molar-refractivity contribution in [3.8, 4) is 0 Å². The van der Waals surface area contributed by atoms with Crippen LogP contribution in [0.3, 0.4) is 0 Å². The fraction of sp³-hybridized carbons (Fsp3) is 0.143. The summed E-state index contributed by atoms with van der Waals surface area (Å²) >= 11 is 0. The van der Waals surface area contributed by atoms with Gasteiger partial charge in [0.25, 0.3) is 0 Å². The lowest BCUT2D eigenvalue weighted by Crippen LogP contribution is -2.08. The van der Waals surface area contributed by atoms with Crippen LogP contribution in [0.5, 0.6) is 0 Å². The largest absolute Gasteiger partial charge is 0.421 e. The Morgan fingerprint density at radius 2 is 2.45 bits per heavy atom. The second kappa shape index (κ2) is 1.95. The summed E-state index contributed by atoms with van der Waals surface area (Å²) in [6, 6.07) is 3.55. The number of hydrogen-bond acceptors (Lipinski definition) is 3. The third-order valence-corrected chi connectivity index (χ3v) is 1.57. The Balaban J connectivity index is 3.04. The van der Waals surface area contributed by atoms with Crippen LogP contribution < -0.4 is 5.76 Å². The van der Waals surface area contributed by atoms with Crippen LogP contribution in [0.2, 0.25) is 0 Å². The van der Waals surface area contributed by atoms with Gasteiger partial charge in [-0.2, -0.15) is 0 Å². The van der Waals surface area contributed by atoms with Crippen molar-refractivity contribution in [1.29, 1.82) is 0 Å². The monoisotopic (exact) mass is 150 g/mol. The molecule has 56 valence electrons. The molecule has 0 aliphatic heterocycles. The van der Waals surface area contributed by atoms with Gasteiger partial charge >= 0.3 is 5.76 Å². The quantitative estimate of drug-likeness (QED) is 0.550. The molecule has 11 heavy (non-hydrogen) atoms. The lowest BCUT2D eigenvalue weighted by atomic mass is 10.4. The standard InChI is InChI=1S/C7H6N2O2/c1-9-5-3-2-4-8-6(5)11-7(9)10/h2-4H,1H3. The second-order valence-electron chi connectivity index (χ2n) is 2.25. The van der Waals surface area contributed by atoms with Gasteiger partial charge in [0.1, 0.15) is 5.52 Å². The number of pyridine rings is 1. The van der Waals surface area contributed by atoms with Gasteiger partial charge in [-0.15, -0.1) is 0 Å². The molecule has 0 aromatic carbocycles. The Hall–Kier alpha value is -1.58. The van der Waals surface area contributed by atoms with Crippen LogP contribution in [0.4, 0.5) is 0 Å². The Morgan fingerprint density at radius 1 is 1.64 bits per heavy atom. The van der Waals surface area contributed by atoms with Gasteiger partial charge in [-0.25, -0.2) is 9.78 Å².